The van der Waals surface area contributed by atoms with Crippen LogP contribution in [0.1, 0.15) is 44.2 Å². The van der Waals surface area contributed by atoms with Crippen LogP contribution in [0.4, 0.5) is 10.3 Å². The molecule has 0 radical (unpaired) electrons. The van der Waals surface area contributed by atoms with Crippen LogP contribution in [-0.4, -0.2) is 72.5 Å². The number of amides is 1. The summed E-state index contributed by atoms with van der Waals surface area (Å²) in [6.07, 6.45) is 6.03. The molecular weight excluding hydrogens is 405 g/mol. The van der Waals surface area contributed by atoms with Crippen molar-refractivity contribution in [1.29, 1.82) is 0 Å². The third kappa shape index (κ3) is 5.26. The monoisotopic (exact) mass is 439 g/mol. The van der Waals surface area contributed by atoms with E-state index in [9.17, 15) is 9.18 Å². The van der Waals surface area contributed by atoms with Gasteiger partial charge in [-0.2, -0.15) is 0 Å². The zero-order valence-corrected chi connectivity index (χ0v) is 19.4. The summed E-state index contributed by atoms with van der Waals surface area (Å²) in [6.45, 7) is 6.24. The molecular formula is C25H34FN5O. The van der Waals surface area contributed by atoms with Gasteiger partial charge in [0.1, 0.15) is 5.82 Å². The molecule has 0 saturated carbocycles. The van der Waals surface area contributed by atoms with Crippen molar-refractivity contribution >= 4 is 11.9 Å². The molecule has 1 unspecified atom stereocenters. The molecule has 2 saturated heterocycles. The number of benzene rings is 1. The van der Waals surface area contributed by atoms with Crippen molar-refractivity contribution in [3.8, 4) is 11.1 Å². The summed E-state index contributed by atoms with van der Waals surface area (Å²) >= 11 is 0. The summed E-state index contributed by atoms with van der Waals surface area (Å²) in [7, 11) is 3.83. The highest BCUT2D eigenvalue weighted by atomic mass is 19.1. The fraction of sp³-hybridized carbons (Fsp3) is 0.560. The summed E-state index contributed by atoms with van der Waals surface area (Å²) in [5, 5.41) is 0. The molecule has 1 aromatic heterocycles. The summed E-state index contributed by atoms with van der Waals surface area (Å²) in [5.41, 5.74) is 2.52. The molecule has 32 heavy (non-hydrogen) atoms. The Balaban J connectivity index is 1.55. The van der Waals surface area contributed by atoms with Crippen LogP contribution in [0.2, 0.25) is 0 Å². The molecule has 0 bridgehead atoms. The van der Waals surface area contributed by atoms with Crippen LogP contribution in [0, 0.1) is 11.7 Å². The van der Waals surface area contributed by atoms with E-state index in [-0.39, 0.29) is 17.6 Å². The minimum atomic E-state index is -0.276. The van der Waals surface area contributed by atoms with Gasteiger partial charge in [0, 0.05) is 44.9 Å². The van der Waals surface area contributed by atoms with Crippen molar-refractivity contribution in [2.24, 2.45) is 5.92 Å². The van der Waals surface area contributed by atoms with Gasteiger partial charge in [-0.1, -0.05) is 19.1 Å². The number of rotatable bonds is 5. The lowest BCUT2D eigenvalue weighted by Gasteiger charge is -2.36. The fourth-order valence-corrected chi connectivity index (χ4v) is 4.73. The Hall–Kier alpha value is -2.54. The zero-order valence-electron chi connectivity index (χ0n) is 19.4. The lowest BCUT2D eigenvalue weighted by molar-refractivity contribution is -0.134. The molecule has 2 aliphatic rings. The Bertz CT molecular complexity index is 942. The Labute approximate surface area is 190 Å². The van der Waals surface area contributed by atoms with E-state index in [0.717, 1.165) is 55.2 Å². The molecule has 1 aromatic carbocycles. The molecule has 2 aliphatic heterocycles. The van der Waals surface area contributed by atoms with Crippen molar-refractivity contribution < 1.29 is 9.18 Å². The summed E-state index contributed by atoms with van der Waals surface area (Å²) in [6, 6.07) is 6.58. The van der Waals surface area contributed by atoms with Crippen LogP contribution in [0.25, 0.3) is 11.1 Å². The lowest BCUT2D eigenvalue weighted by atomic mass is 9.89. The summed E-state index contributed by atoms with van der Waals surface area (Å²) in [4.78, 5) is 28.6. The lowest BCUT2D eigenvalue weighted by Crippen LogP contribution is -2.46. The van der Waals surface area contributed by atoms with Crippen molar-refractivity contribution in [2.75, 3.05) is 51.7 Å². The van der Waals surface area contributed by atoms with Crippen molar-refractivity contribution in [3.05, 3.63) is 42.0 Å². The Kier molecular flexibility index (Phi) is 7.04. The van der Waals surface area contributed by atoms with Gasteiger partial charge in [0.05, 0.1) is 12.2 Å². The maximum atomic E-state index is 13.9. The van der Waals surface area contributed by atoms with Crippen molar-refractivity contribution in [1.82, 2.24) is 19.8 Å². The largest absolute Gasteiger partial charge is 0.347 e. The van der Waals surface area contributed by atoms with E-state index < -0.39 is 0 Å². The fourth-order valence-electron chi connectivity index (χ4n) is 4.73. The first-order valence-electron chi connectivity index (χ1n) is 11.7. The minimum absolute atomic E-state index is 0.106. The van der Waals surface area contributed by atoms with Crippen LogP contribution in [0.5, 0.6) is 0 Å². The Morgan fingerprint density at radius 2 is 1.97 bits per heavy atom. The summed E-state index contributed by atoms with van der Waals surface area (Å²) in [5.74, 6) is 1.42. The highest BCUT2D eigenvalue weighted by molar-refractivity contribution is 5.78. The van der Waals surface area contributed by atoms with Crippen LogP contribution in [0.3, 0.4) is 0 Å². The average Bonchev–Trinajstić information content (AvgIpc) is 2.80. The van der Waals surface area contributed by atoms with Crippen molar-refractivity contribution in [2.45, 2.75) is 38.5 Å². The number of hydrogen-bond donors (Lipinski definition) is 0. The van der Waals surface area contributed by atoms with E-state index in [2.05, 4.69) is 16.8 Å². The number of aromatic nitrogens is 2. The third-order valence-corrected chi connectivity index (χ3v) is 6.74. The first-order valence-corrected chi connectivity index (χ1v) is 11.7. The van der Waals surface area contributed by atoms with Gasteiger partial charge < -0.3 is 9.80 Å². The van der Waals surface area contributed by atoms with E-state index in [0.29, 0.717) is 19.0 Å². The topological polar surface area (TPSA) is 52.6 Å². The van der Waals surface area contributed by atoms with Crippen LogP contribution in [-0.2, 0) is 4.79 Å². The van der Waals surface area contributed by atoms with Gasteiger partial charge in [0.15, 0.2) is 0 Å². The first kappa shape index (κ1) is 22.6. The first-order chi connectivity index (χ1) is 15.4. The predicted molar refractivity (Wildman–Crippen MR) is 125 cm³/mol. The Morgan fingerprint density at radius 1 is 1.19 bits per heavy atom. The van der Waals surface area contributed by atoms with Gasteiger partial charge in [-0.05, 0) is 62.4 Å². The van der Waals surface area contributed by atoms with Gasteiger partial charge in [-0.3, -0.25) is 9.69 Å². The minimum Gasteiger partial charge on any atom is -0.347 e. The van der Waals surface area contributed by atoms with Gasteiger partial charge in [0.2, 0.25) is 11.9 Å². The predicted octanol–water partition coefficient (Wildman–Crippen LogP) is 3.79. The van der Waals surface area contributed by atoms with E-state index >= 15 is 0 Å². The van der Waals surface area contributed by atoms with Gasteiger partial charge in [0.25, 0.3) is 0 Å². The second kappa shape index (κ2) is 9.94. The number of likely N-dealkylation sites (tertiary alicyclic amines) is 2. The maximum absolute atomic E-state index is 13.9. The zero-order chi connectivity index (χ0) is 22.7. The van der Waals surface area contributed by atoms with E-state index in [1.807, 2.05) is 30.0 Å². The molecule has 4 rings (SSSR count). The number of carbonyl (C=O) groups is 1. The normalized spacial score (nSPS) is 20.4. The molecule has 0 spiro atoms. The quantitative estimate of drug-likeness (QED) is 0.710. The molecule has 6 nitrogen and oxygen atoms in total. The third-order valence-electron chi connectivity index (χ3n) is 6.74. The molecule has 3 heterocycles. The van der Waals surface area contributed by atoms with Gasteiger partial charge in [-0.15, -0.1) is 0 Å². The summed E-state index contributed by atoms with van der Waals surface area (Å²) < 4.78 is 13.9. The maximum Gasteiger partial charge on any atom is 0.236 e. The molecule has 7 heteroatoms. The number of anilines is 1. The Morgan fingerprint density at radius 3 is 2.69 bits per heavy atom. The number of carbonyl (C=O) groups excluding carboxylic acids is 1. The SMILES string of the molecule is CC1CCN(CC(=O)N2CCCC(c3nc(N(C)C)ncc3-c3cccc(F)c3)C2)CC1. The van der Waals surface area contributed by atoms with E-state index in [1.165, 1.54) is 25.0 Å². The standard InChI is InChI=1S/C25H34FN5O/c1-18-9-12-30(13-10-18)17-23(32)31-11-5-7-20(16-31)24-22(15-27-25(28-24)29(2)3)19-6-4-8-21(26)14-19/h4,6,8,14-15,18,20H,5,7,9-13,16-17H2,1-3H3. The number of hydrogen-bond acceptors (Lipinski definition) is 5. The average molecular weight is 440 g/mol. The molecule has 1 atom stereocenters. The van der Waals surface area contributed by atoms with E-state index in [4.69, 9.17) is 4.98 Å². The number of halogens is 1. The van der Waals surface area contributed by atoms with Gasteiger partial charge >= 0.3 is 0 Å². The molecule has 172 valence electrons. The van der Waals surface area contributed by atoms with Crippen LogP contribution < -0.4 is 4.90 Å². The molecule has 2 aromatic rings. The second-order valence-corrected chi connectivity index (χ2v) is 9.51. The van der Waals surface area contributed by atoms with Gasteiger partial charge in [-0.25, -0.2) is 14.4 Å². The van der Waals surface area contributed by atoms with Crippen molar-refractivity contribution in [3.63, 3.8) is 0 Å². The number of nitrogens with zero attached hydrogens (tertiary/aromatic N) is 5. The van der Waals surface area contributed by atoms with Crippen LogP contribution >= 0.6 is 0 Å². The molecule has 0 aliphatic carbocycles. The smallest absolute Gasteiger partial charge is 0.236 e. The molecule has 2 fully saturated rings. The highest BCUT2D eigenvalue weighted by Crippen LogP contribution is 2.34. The molecule has 1 amide bonds. The number of piperidine rings is 2. The van der Waals surface area contributed by atoms with Crippen LogP contribution in [0.15, 0.2) is 30.5 Å². The van der Waals surface area contributed by atoms with E-state index in [1.54, 1.807) is 12.3 Å². The highest BCUT2D eigenvalue weighted by Gasteiger charge is 2.29. The second-order valence-electron chi connectivity index (χ2n) is 9.51. The molecule has 0 N–H and O–H groups in total.